The van der Waals surface area contributed by atoms with Gasteiger partial charge in [0.15, 0.2) is 0 Å². The van der Waals surface area contributed by atoms with E-state index in [0.717, 1.165) is 5.69 Å². The number of sulfonamides is 1. The van der Waals surface area contributed by atoms with Crippen molar-refractivity contribution in [2.75, 3.05) is 31.1 Å². The van der Waals surface area contributed by atoms with Crippen molar-refractivity contribution in [2.24, 2.45) is 0 Å². The summed E-state index contributed by atoms with van der Waals surface area (Å²) in [5, 5.41) is 9.15. The Morgan fingerprint density at radius 3 is 2.21 bits per heavy atom. The maximum absolute atomic E-state index is 12.8. The normalized spacial score (nSPS) is 15.9. The number of piperazine rings is 1. The van der Waals surface area contributed by atoms with E-state index < -0.39 is 10.0 Å². The average Bonchev–Trinajstić information content (AvgIpc) is 2.62. The van der Waals surface area contributed by atoms with Crippen LogP contribution in [0.3, 0.4) is 0 Å². The highest BCUT2D eigenvalue weighted by Crippen LogP contribution is 2.23. The van der Waals surface area contributed by atoms with Crippen LogP contribution in [0.25, 0.3) is 0 Å². The minimum absolute atomic E-state index is 0.0938. The summed E-state index contributed by atoms with van der Waals surface area (Å²) in [6.07, 6.45) is 0. The lowest BCUT2D eigenvalue weighted by molar-refractivity contribution is 0.385. The number of nitriles is 1. The average molecular weight is 341 g/mol. The van der Waals surface area contributed by atoms with E-state index in [0.29, 0.717) is 26.2 Å². The van der Waals surface area contributed by atoms with Crippen LogP contribution in [-0.4, -0.2) is 38.9 Å². The first-order valence-corrected chi connectivity index (χ1v) is 9.27. The molecule has 1 aliphatic rings. The van der Waals surface area contributed by atoms with Gasteiger partial charge in [-0.05, 0) is 31.2 Å². The number of benzene rings is 2. The van der Waals surface area contributed by atoms with E-state index in [9.17, 15) is 8.42 Å². The maximum atomic E-state index is 12.8. The summed E-state index contributed by atoms with van der Waals surface area (Å²) in [5.41, 5.74) is 2.50. The minimum atomic E-state index is -3.63. The Bertz CT molecular complexity index is 862. The Hall–Kier alpha value is -2.36. The summed E-state index contributed by atoms with van der Waals surface area (Å²) in [6.45, 7) is 4.14. The molecule has 0 amide bonds. The van der Waals surface area contributed by atoms with Crippen molar-refractivity contribution in [3.63, 3.8) is 0 Å². The predicted octanol–water partition coefficient (Wildman–Crippen LogP) is 2.38. The molecule has 0 unspecified atom stereocenters. The summed E-state index contributed by atoms with van der Waals surface area (Å²) >= 11 is 0. The van der Waals surface area contributed by atoms with E-state index in [1.807, 2.05) is 13.0 Å². The first-order chi connectivity index (χ1) is 11.5. The number of hydrogen-bond acceptors (Lipinski definition) is 4. The van der Waals surface area contributed by atoms with Gasteiger partial charge in [-0.3, -0.25) is 0 Å². The second-order valence-electron chi connectivity index (χ2n) is 5.83. The Morgan fingerprint density at radius 1 is 0.958 bits per heavy atom. The van der Waals surface area contributed by atoms with Gasteiger partial charge in [0.05, 0.1) is 10.5 Å². The SMILES string of the molecule is Cc1ccc(N2CCN(S(=O)(=O)c3ccccc3C#N)CC2)cc1. The molecule has 124 valence electrons. The molecule has 3 rings (SSSR count). The van der Waals surface area contributed by atoms with Crippen LogP contribution in [-0.2, 0) is 10.0 Å². The Kier molecular flexibility index (Phi) is 4.56. The molecule has 0 N–H and O–H groups in total. The van der Waals surface area contributed by atoms with Crippen LogP contribution in [0.4, 0.5) is 5.69 Å². The molecule has 6 heteroatoms. The van der Waals surface area contributed by atoms with Crippen LogP contribution >= 0.6 is 0 Å². The molecule has 1 fully saturated rings. The van der Waals surface area contributed by atoms with E-state index >= 15 is 0 Å². The second kappa shape index (κ2) is 6.63. The smallest absolute Gasteiger partial charge is 0.244 e. The summed E-state index contributed by atoms with van der Waals surface area (Å²) in [7, 11) is -3.63. The molecule has 0 saturated carbocycles. The third kappa shape index (κ3) is 3.14. The number of rotatable bonds is 3. The van der Waals surface area contributed by atoms with Gasteiger partial charge < -0.3 is 4.90 Å². The van der Waals surface area contributed by atoms with Crippen molar-refractivity contribution in [3.05, 3.63) is 59.7 Å². The van der Waals surface area contributed by atoms with E-state index in [2.05, 4.69) is 29.2 Å². The number of hydrogen-bond donors (Lipinski definition) is 0. The van der Waals surface area contributed by atoms with Crippen molar-refractivity contribution in [1.29, 1.82) is 5.26 Å². The van der Waals surface area contributed by atoms with Crippen molar-refractivity contribution < 1.29 is 8.42 Å². The topological polar surface area (TPSA) is 64.4 Å². The van der Waals surface area contributed by atoms with Gasteiger partial charge in [0.2, 0.25) is 10.0 Å². The van der Waals surface area contributed by atoms with Crippen molar-refractivity contribution in [1.82, 2.24) is 4.31 Å². The molecule has 0 atom stereocenters. The minimum Gasteiger partial charge on any atom is -0.369 e. The fourth-order valence-corrected chi connectivity index (χ4v) is 4.43. The Balaban J connectivity index is 1.76. The lowest BCUT2D eigenvalue weighted by Gasteiger charge is -2.35. The van der Waals surface area contributed by atoms with E-state index in [1.165, 1.54) is 22.0 Å². The Morgan fingerprint density at radius 2 is 1.58 bits per heavy atom. The van der Waals surface area contributed by atoms with Gasteiger partial charge >= 0.3 is 0 Å². The highest BCUT2D eigenvalue weighted by molar-refractivity contribution is 7.89. The van der Waals surface area contributed by atoms with Crippen LogP contribution in [0, 0.1) is 18.3 Å². The van der Waals surface area contributed by atoms with Gasteiger partial charge in [-0.25, -0.2) is 8.42 Å². The van der Waals surface area contributed by atoms with Gasteiger partial charge in [0, 0.05) is 31.9 Å². The zero-order chi connectivity index (χ0) is 17.2. The van der Waals surface area contributed by atoms with Gasteiger partial charge in [-0.1, -0.05) is 29.8 Å². The third-order valence-corrected chi connectivity index (χ3v) is 6.22. The molecule has 0 aromatic heterocycles. The Labute approximate surface area is 142 Å². The monoisotopic (exact) mass is 341 g/mol. The van der Waals surface area contributed by atoms with Gasteiger partial charge in [-0.2, -0.15) is 9.57 Å². The van der Waals surface area contributed by atoms with Crippen LogP contribution in [0.15, 0.2) is 53.4 Å². The quantitative estimate of drug-likeness (QED) is 0.860. The molecule has 2 aromatic rings. The van der Waals surface area contributed by atoms with E-state index in [1.54, 1.807) is 12.1 Å². The van der Waals surface area contributed by atoms with Crippen LogP contribution in [0.1, 0.15) is 11.1 Å². The maximum Gasteiger partial charge on any atom is 0.244 e. The highest BCUT2D eigenvalue weighted by atomic mass is 32.2. The third-order valence-electron chi connectivity index (χ3n) is 4.26. The van der Waals surface area contributed by atoms with Gasteiger partial charge in [-0.15, -0.1) is 0 Å². The van der Waals surface area contributed by atoms with Crippen LogP contribution in [0.2, 0.25) is 0 Å². The largest absolute Gasteiger partial charge is 0.369 e. The number of anilines is 1. The molecule has 24 heavy (non-hydrogen) atoms. The fourth-order valence-electron chi connectivity index (χ4n) is 2.87. The van der Waals surface area contributed by atoms with Gasteiger partial charge in [0.1, 0.15) is 6.07 Å². The predicted molar refractivity (Wildman–Crippen MR) is 93.3 cm³/mol. The van der Waals surface area contributed by atoms with Crippen molar-refractivity contribution in [2.45, 2.75) is 11.8 Å². The molecule has 5 nitrogen and oxygen atoms in total. The zero-order valence-electron chi connectivity index (χ0n) is 13.5. The molecule has 0 radical (unpaired) electrons. The van der Waals surface area contributed by atoms with Crippen molar-refractivity contribution >= 4 is 15.7 Å². The molecule has 0 bridgehead atoms. The molecule has 0 spiro atoms. The summed E-state index contributed by atoms with van der Waals surface area (Å²) in [6, 6.07) is 16.6. The van der Waals surface area contributed by atoms with Gasteiger partial charge in [0.25, 0.3) is 0 Å². The number of aryl methyl sites for hydroxylation is 1. The second-order valence-corrected chi connectivity index (χ2v) is 7.74. The summed E-state index contributed by atoms with van der Waals surface area (Å²) in [4.78, 5) is 2.28. The van der Waals surface area contributed by atoms with E-state index in [4.69, 9.17) is 5.26 Å². The highest BCUT2D eigenvalue weighted by Gasteiger charge is 2.30. The first-order valence-electron chi connectivity index (χ1n) is 7.83. The number of nitrogens with zero attached hydrogens (tertiary/aromatic N) is 3. The molecule has 1 saturated heterocycles. The van der Waals surface area contributed by atoms with Crippen LogP contribution in [0.5, 0.6) is 0 Å². The fraction of sp³-hybridized carbons (Fsp3) is 0.278. The summed E-state index contributed by atoms with van der Waals surface area (Å²) < 4.78 is 27.1. The standard InChI is InChI=1S/C18H19N3O2S/c1-15-6-8-17(9-7-15)20-10-12-21(13-11-20)24(22,23)18-5-3-2-4-16(18)14-19/h2-9H,10-13H2,1H3. The zero-order valence-corrected chi connectivity index (χ0v) is 14.3. The lowest BCUT2D eigenvalue weighted by Crippen LogP contribution is -2.48. The summed E-state index contributed by atoms with van der Waals surface area (Å²) in [5.74, 6) is 0. The molecule has 0 aliphatic carbocycles. The lowest BCUT2D eigenvalue weighted by atomic mass is 10.2. The van der Waals surface area contributed by atoms with E-state index in [-0.39, 0.29) is 10.5 Å². The molecular weight excluding hydrogens is 322 g/mol. The first kappa shape index (κ1) is 16.5. The van der Waals surface area contributed by atoms with Crippen molar-refractivity contribution in [3.8, 4) is 6.07 Å². The molecular formula is C18H19N3O2S. The molecule has 1 heterocycles. The van der Waals surface area contributed by atoms with Crippen LogP contribution < -0.4 is 4.90 Å². The molecule has 1 aliphatic heterocycles. The molecule has 2 aromatic carbocycles.